The largest absolute Gasteiger partial charge is 0.363 e. The van der Waals surface area contributed by atoms with Crippen LogP contribution in [-0.2, 0) is 13.3 Å². The van der Waals surface area contributed by atoms with Gasteiger partial charge >= 0.3 is 0 Å². The van der Waals surface area contributed by atoms with Crippen molar-refractivity contribution in [2.24, 2.45) is 0 Å². The maximum absolute atomic E-state index is 9.56. The third-order valence-electron chi connectivity index (χ3n) is 1.91. The van der Waals surface area contributed by atoms with Crippen LogP contribution in [0.15, 0.2) is 0 Å². The molecule has 0 spiro atoms. The molecular formula is C6H10Cl2O4. The van der Waals surface area contributed by atoms with Crippen molar-refractivity contribution in [1.29, 1.82) is 0 Å². The van der Waals surface area contributed by atoms with E-state index in [1.165, 1.54) is 6.92 Å². The first kappa shape index (κ1) is 10.5. The molecule has 1 heterocycles. The van der Waals surface area contributed by atoms with Crippen molar-refractivity contribution in [2.45, 2.75) is 37.9 Å². The fourth-order valence-corrected chi connectivity index (χ4v) is 1.82. The highest BCUT2D eigenvalue weighted by molar-refractivity contribution is 6.08. The molecule has 1 N–H and O–H groups in total. The Morgan fingerprint density at radius 3 is 2.33 bits per heavy atom. The van der Waals surface area contributed by atoms with E-state index in [0.29, 0.717) is 0 Å². The Kier molecular flexibility index (Phi) is 3.20. The van der Waals surface area contributed by atoms with Crippen molar-refractivity contribution in [2.75, 3.05) is 0 Å². The van der Waals surface area contributed by atoms with Crippen LogP contribution < -0.4 is 0 Å². The third kappa shape index (κ3) is 1.69. The van der Waals surface area contributed by atoms with Crippen LogP contribution in [0.2, 0.25) is 0 Å². The molecule has 1 aliphatic heterocycles. The van der Waals surface area contributed by atoms with Gasteiger partial charge in [-0.2, -0.15) is 0 Å². The van der Waals surface area contributed by atoms with Crippen LogP contribution in [0.1, 0.15) is 13.8 Å². The summed E-state index contributed by atoms with van der Waals surface area (Å²) in [6, 6.07) is 0. The molecule has 1 rings (SSSR count). The Morgan fingerprint density at radius 1 is 1.42 bits per heavy atom. The van der Waals surface area contributed by atoms with Gasteiger partial charge in [-0.1, -0.05) is 0 Å². The minimum Gasteiger partial charge on any atom is -0.363 e. The second-order valence-corrected chi connectivity index (χ2v) is 3.30. The average Bonchev–Trinajstić information content (AvgIpc) is 2.18. The molecule has 0 aromatic rings. The van der Waals surface area contributed by atoms with Crippen LogP contribution in [0, 0.1) is 0 Å². The van der Waals surface area contributed by atoms with Gasteiger partial charge in [0.1, 0.15) is 6.10 Å². The SMILES string of the molecule is C[C@H]1O[C@@](C)(O)[C@@H](OCl)[C@@H]1OCl. The Balaban J connectivity index is 2.76. The number of aliphatic hydroxyl groups is 1. The topological polar surface area (TPSA) is 47.9 Å². The minimum absolute atomic E-state index is 0.360. The Bertz CT molecular complexity index is 164. The van der Waals surface area contributed by atoms with Gasteiger partial charge in [-0.3, -0.25) is 8.58 Å². The Morgan fingerprint density at radius 2 is 2.00 bits per heavy atom. The van der Waals surface area contributed by atoms with Crippen LogP contribution in [0.25, 0.3) is 0 Å². The quantitative estimate of drug-likeness (QED) is 0.754. The van der Waals surface area contributed by atoms with Crippen LogP contribution in [0.3, 0.4) is 0 Å². The van der Waals surface area contributed by atoms with E-state index in [-0.39, 0.29) is 6.10 Å². The maximum Gasteiger partial charge on any atom is 0.194 e. The fraction of sp³-hybridized carbons (Fsp3) is 1.00. The summed E-state index contributed by atoms with van der Waals surface area (Å²) in [5.74, 6) is -1.46. The van der Waals surface area contributed by atoms with E-state index in [1.807, 2.05) is 0 Å². The maximum atomic E-state index is 9.56. The first-order valence-electron chi connectivity index (χ1n) is 3.48. The molecule has 4 nitrogen and oxygen atoms in total. The smallest absolute Gasteiger partial charge is 0.194 e. The molecule has 0 unspecified atom stereocenters. The summed E-state index contributed by atoms with van der Waals surface area (Å²) in [4.78, 5) is 0. The molecule has 72 valence electrons. The predicted molar refractivity (Wildman–Crippen MR) is 42.6 cm³/mol. The van der Waals surface area contributed by atoms with Gasteiger partial charge in [0, 0.05) is 0 Å². The van der Waals surface area contributed by atoms with Crippen LogP contribution in [0.5, 0.6) is 0 Å². The van der Waals surface area contributed by atoms with E-state index in [1.54, 1.807) is 6.92 Å². The summed E-state index contributed by atoms with van der Waals surface area (Å²) in [7, 11) is 0. The highest BCUT2D eigenvalue weighted by Gasteiger charge is 2.52. The zero-order valence-corrected chi connectivity index (χ0v) is 8.17. The van der Waals surface area contributed by atoms with Gasteiger partial charge in [0.2, 0.25) is 0 Å². The van der Waals surface area contributed by atoms with Gasteiger partial charge < -0.3 is 9.84 Å². The molecule has 0 aromatic carbocycles. The molecule has 0 bridgehead atoms. The molecule has 1 aliphatic rings. The number of hydrogen-bond donors (Lipinski definition) is 1. The molecule has 0 aromatic heterocycles. The lowest BCUT2D eigenvalue weighted by Crippen LogP contribution is -2.41. The summed E-state index contributed by atoms with van der Waals surface area (Å²) < 4.78 is 14.1. The number of halogens is 2. The molecule has 4 atom stereocenters. The van der Waals surface area contributed by atoms with E-state index in [2.05, 4.69) is 8.58 Å². The van der Waals surface area contributed by atoms with Crippen molar-refractivity contribution >= 4 is 23.7 Å². The number of hydrogen-bond acceptors (Lipinski definition) is 4. The summed E-state index contributed by atoms with van der Waals surface area (Å²) in [5.41, 5.74) is 0. The first-order valence-corrected chi connectivity index (χ1v) is 4.09. The normalized spacial score (nSPS) is 48.2. The van der Waals surface area contributed by atoms with E-state index >= 15 is 0 Å². The minimum atomic E-state index is -1.46. The van der Waals surface area contributed by atoms with Gasteiger partial charge in [0.05, 0.1) is 29.8 Å². The summed E-state index contributed by atoms with van der Waals surface area (Å²) in [6.45, 7) is 3.14. The van der Waals surface area contributed by atoms with Crippen molar-refractivity contribution < 1.29 is 18.4 Å². The van der Waals surface area contributed by atoms with Crippen molar-refractivity contribution in [1.82, 2.24) is 0 Å². The predicted octanol–water partition coefficient (Wildman–Crippen LogP) is 1.19. The number of rotatable bonds is 2. The lowest BCUT2D eigenvalue weighted by molar-refractivity contribution is -0.206. The Labute approximate surface area is 80.6 Å². The standard InChI is InChI=1S/C6H10Cl2O4/c1-3-4(11-7)5(12-8)6(2,9)10-3/h3-5,9H,1-2H3/t3-,4-,5+,6-/m1/s1. The van der Waals surface area contributed by atoms with Gasteiger partial charge in [-0.15, -0.1) is 0 Å². The molecule has 0 saturated carbocycles. The molecular weight excluding hydrogens is 207 g/mol. The van der Waals surface area contributed by atoms with E-state index in [0.717, 1.165) is 0 Å². The van der Waals surface area contributed by atoms with Crippen LogP contribution in [-0.4, -0.2) is 29.2 Å². The summed E-state index contributed by atoms with van der Waals surface area (Å²) in [6.07, 6.45) is -1.72. The monoisotopic (exact) mass is 216 g/mol. The highest BCUT2D eigenvalue weighted by Crippen LogP contribution is 2.34. The second kappa shape index (κ2) is 3.65. The first-order chi connectivity index (χ1) is 5.53. The van der Waals surface area contributed by atoms with E-state index < -0.39 is 18.0 Å². The zero-order chi connectivity index (χ0) is 9.35. The lowest BCUT2D eigenvalue weighted by Gasteiger charge is -2.22. The van der Waals surface area contributed by atoms with Crippen molar-refractivity contribution in [3.63, 3.8) is 0 Å². The van der Waals surface area contributed by atoms with Gasteiger partial charge in [-0.05, 0) is 13.8 Å². The zero-order valence-electron chi connectivity index (χ0n) is 6.66. The average molecular weight is 217 g/mol. The summed E-state index contributed by atoms with van der Waals surface area (Å²) in [5, 5.41) is 9.56. The summed E-state index contributed by atoms with van der Waals surface area (Å²) >= 11 is 10.3. The van der Waals surface area contributed by atoms with Crippen LogP contribution >= 0.6 is 23.7 Å². The molecule has 1 fully saturated rings. The molecule has 0 aliphatic carbocycles. The van der Waals surface area contributed by atoms with E-state index in [9.17, 15) is 5.11 Å². The fourth-order valence-electron chi connectivity index (χ4n) is 1.31. The molecule has 0 amide bonds. The van der Waals surface area contributed by atoms with E-state index in [4.69, 9.17) is 28.5 Å². The van der Waals surface area contributed by atoms with Crippen molar-refractivity contribution in [3.8, 4) is 0 Å². The third-order valence-corrected chi connectivity index (χ3v) is 2.31. The van der Waals surface area contributed by atoms with Gasteiger partial charge in [0.25, 0.3) is 0 Å². The second-order valence-electron chi connectivity index (χ2n) is 2.94. The van der Waals surface area contributed by atoms with Crippen LogP contribution in [0.4, 0.5) is 0 Å². The highest BCUT2D eigenvalue weighted by atomic mass is 35.5. The lowest BCUT2D eigenvalue weighted by atomic mass is 10.1. The molecule has 12 heavy (non-hydrogen) atoms. The molecule has 1 saturated heterocycles. The Hall–Kier alpha value is 0.420. The van der Waals surface area contributed by atoms with Gasteiger partial charge in [-0.25, -0.2) is 0 Å². The van der Waals surface area contributed by atoms with Crippen molar-refractivity contribution in [3.05, 3.63) is 0 Å². The molecule has 6 heteroatoms. The van der Waals surface area contributed by atoms with Gasteiger partial charge in [0.15, 0.2) is 11.9 Å². The number of ether oxygens (including phenoxy) is 1. The molecule has 0 radical (unpaired) electrons.